The molecule has 0 saturated carbocycles. The van der Waals surface area contributed by atoms with E-state index in [1.807, 2.05) is 0 Å². The maximum Gasteiger partial charge on any atom is 0.338 e. The van der Waals surface area contributed by atoms with Gasteiger partial charge >= 0.3 is 11.9 Å². The summed E-state index contributed by atoms with van der Waals surface area (Å²) < 4.78 is 17.1. The van der Waals surface area contributed by atoms with Gasteiger partial charge in [0.2, 0.25) is 11.7 Å². The number of esters is 2. The summed E-state index contributed by atoms with van der Waals surface area (Å²) in [4.78, 5) is 52.0. The number of rotatable bonds is 8. The predicted octanol–water partition coefficient (Wildman–Crippen LogP) is 1.90. The van der Waals surface area contributed by atoms with Crippen LogP contribution in [0.15, 0.2) is 91.0 Å². The molecule has 3 N–H and O–H groups in total. The van der Waals surface area contributed by atoms with Crippen molar-refractivity contribution in [1.29, 1.82) is 0 Å². The number of aliphatic hydroxyl groups is 2. The zero-order valence-electron chi connectivity index (χ0n) is 20.9. The first-order valence-corrected chi connectivity index (χ1v) is 12.1. The van der Waals surface area contributed by atoms with Crippen LogP contribution < -0.4 is 5.32 Å². The van der Waals surface area contributed by atoms with Crippen LogP contribution in [-0.2, 0) is 19.0 Å². The van der Waals surface area contributed by atoms with Crippen molar-refractivity contribution >= 4 is 23.6 Å². The van der Waals surface area contributed by atoms with Gasteiger partial charge in [-0.1, -0.05) is 66.7 Å². The summed E-state index contributed by atoms with van der Waals surface area (Å²) in [6.45, 7) is 0.301. The van der Waals surface area contributed by atoms with Gasteiger partial charge in [0.15, 0.2) is 12.2 Å². The molecule has 0 bridgehead atoms. The molecule has 0 spiro atoms. The summed E-state index contributed by atoms with van der Waals surface area (Å²) in [6.07, 6.45) is -4.71. The second-order valence-corrected chi connectivity index (χ2v) is 8.88. The van der Waals surface area contributed by atoms with Gasteiger partial charge in [-0.25, -0.2) is 9.59 Å². The minimum absolute atomic E-state index is 0.0277. The van der Waals surface area contributed by atoms with Gasteiger partial charge in [-0.05, 0) is 24.3 Å². The molecule has 1 aliphatic heterocycles. The Kier molecular flexibility index (Phi) is 8.50. The maximum atomic E-state index is 13.6. The van der Waals surface area contributed by atoms with Crippen LogP contribution in [0.1, 0.15) is 38.0 Å². The molecule has 1 saturated heterocycles. The van der Waals surface area contributed by atoms with Gasteiger partial charge in [0.05, 0.1) is 17.7 Å². The number of aliphatic hydroxyl groups excluding tert-OH is 1. The number of benzene rings is 3. The second-order valence-electron chi connectivity index (χ2n) is 8.88. The van der Waals surface area contributed by atoms with Crippen LogP contribution >= 0.6 is 0 Å². The van der Waals surface area contributed by atoms with Crippen molar-refractivity contribution in [3.05, 3.63) is 108 Å². The molecule has 1 amide bonds. The molecule has 0 radical (unpaired) electrons. The maximum absolute atomic E-state index is 13.6. The van der Waals surface area contributed by atoms with E-state index in [2.05, 4.69) is 5.32 Å². The fraction of sp³-hybridized carbons (Fsp3) is 0.241. The molecule has 0 aliphatic carbocycles. The van der Waals surface area contributed by atoms with Gasteiger partial charge in [0.25, 0.3) is 5.79 Å². The van der Waals surface area contributed by atoms with E-state index in [0.717, 1.165) is 6.92 Å². The minimum Gasteiger partial charge on any atom is -0.452 e. The summed E-state index contributed by atoms with van der Waals surface area (Å²) in [5, 5.41) is 24.3. The van der Waals surface area contributed by atoms with Crippen molar-refractivity contribution in [2.24, 2.45) is 0 Å². The number of amides is 1. The molecular formula is C29H27NO9. The average Bonchev–Trinajstić information content (AvgIpc) is 2.96. The largest absolute Gasteiger partial charge is 0.452 e. The molecule has 3 aromatic carbocycles. The first-order chi connectivity index (χ1) is 18.7. The topological polar surface area (TPSA) is 148 Å². The summed E-state index contributed by atoms with van der Waals surface area (Å²) in [7, 11) is 0. The van der Waals surface area contributed by atoms with E-state index in [4.69, 9.17) is 14.2 Å². The van der Waals surface area contributed by atoms with Crippen molar-refractivity contribution in [2.45, 2.75) is 37.1 Å². The third kappa shape index (κ3) is 6.04. The highest BCUT2D eigenvalue weighted by Crippen LogP contribution is 2.35. The standard InChI is InChI=1S/C29H27NO9/c1-18(32)30-25-24(38-28(35)21-15-9-4-10-16-21)23(37-27(34)20-13-7-3-8-14-20)22(17-31)39-29(25,36)26(33)19-11-5-2-6-12-19/h2-16,22-25,31,36H,17H2,1H3,(H,30,32)/t22-,23-,24+,25-,29+/m1/s1. The van der Waals surface area contributed by atoms with Crippen molar-refractivity contribution < 1.29 is 43.6 Å². The lowest BCUT2D eigenvalue weighted by Crippen LogP contribution is -2.74. The summed E-state index contributed by atoms with van der Waals surface area (Å²) in [5.41, 5.74) is 0.302. The number of Topliss-reactive ketones (excluding diaryl/α,β-unsaturated/α-hetero) is 1. The monoisotopic (exact) mass is 533 g/mol. The van der Waals surface area contributed by atoms with Crippen LogP contribution in [-0.4, -0.2) is 70.6 Å². The van der Waals surface area contributed by atoms with Crippen LogP contribution in [0.5, 0.6) is 0 Å². The lowest BCUT2D eigenvalue weighted by Gasteiger charge is -2.48. The number of carbonyl (C=O) groups excluding carboxylic acids is 4. The number of hydrogen-bond donors (Lipinski definition) is 3. The van der Waals surface area contributed by atoms with Gasteiger partial charge in [0, 0.05) is 12.5 Å². The molecule has 202 valence electrons. The van der Waals surface area contributed by atoms with E-state index >= 15 is 0 Å². The van der Waals surface area contributed by atoms with E-state index < -0.39 is 60.4 Å². The van der Waals surface area contributed by atoms with Gasteiger partial charge < -0.3 is 29.7 Å². The fourth-order valence-corrected chi connectivity index (χ4v) is 4.34. The molecule has 4 rings (SSSR count). The summed E-state index contributed by atoms with van der Waals surface area (Å²) in [6, 6.07) is 21.7. The molecule has 39 heavy (non-hydrogen) atoms. The second kappa shape index (κ2) is 12.0. The van der Waals surface area contributed by atoms with Crippen LogP contribution in [0.4, 0.5) is 0 Å². The SMILES string of the molecule is CC(=O)N[C@@H]1[C@@H](OC(=O)c2ccccc2)[C@H](OC(=O)c2ccccc2)[C@@H](CO)O[C@]1(O)C(=O)c1ccccc1. The lowest BCUT2D eigenvalue weighted by molar-refractivity contribution is -0.289. The number of ketones is 1. The predicted molar refractivity (Wildman–Crippen MR) is 137 cm³/mol. The Morgan fingerprint density at radius 3 is 1.64 bits per heavy atom. The highest BCUT2D eigenvalue weighted by molar-refractivity contribution is 6.02. The lowest BCUT2D eigenvalue weighted by atomic mass is 9.85. The summed E-state index contributed by atoms with van der Waals surface area (Å²) in [5.74, 6) is -6.19. The Morgan fingerprint density at radius 2 is 1.21 bits per heavy atom. The number of hydrogen-bond acceptors (Lipinski definition) is 9. The number of carbonyl (C=O) groups is 4. The summed E-state index contributed by atoms with van der Waals surface area (Å²) >= 11 is 0. The molecule has 1 fully saturated rings. The molecule has 1 aliphatic rings. The minimum atomic E-state index is -2.81. The third-order valence-electron chi connectivity index (χ3n) is 6.18. The zero-order valence-corrected chi connectivity index (χ0v) is 20.9. The van der Waals surface area contributed by atoms with E-state index in [0.29, 0.717) is 0 Å². The number of nitrogens with one attached hydrogen (secondary N) is 1. The van der Waals surface area contributed by atoms with E-state index in [1.165, 1.54) is 36.4 Å². The van der Waals surface area contributed by atoms with Crippen LogP contribution in [0, 0.1) is 0 Å². The van der Waals surface area contributed by atoms with Crippen molar-refractivity contribution in [3.63, 3.8) is 0 Å². The molecule has 1 heterocycles. The van der Waals surface area contributed by atoms with Gasteiger partial charge in [-0.3, -0.25) is 9.59 Å². The van der Waals surface area contributed by atoms with Crippen LogP contribution in [0.25, 0.3) is 0 Å². The Morgan fingerprint density at radius 1 is 0.769 bits per heavy atom. The third-order valence-corrected chi connectivity index (χ3v) is 6.18. The average molecular weight is 534 g/mol. The smallest absolute Gasteiger partial charge is 0.338 e. The van der Waals surface area contributed by atoms with Crippen molar-refractivity contribution in [3.8, 4) is 0 Å². The fourth-order valence-electron chi connectivity index (χ4n) is 4.34. The Balaban J connectivity index is 1.79. The van der Waals surface area contributed by atoms with E-state index in [9.17, 15) is 29.4 Å². The molecule has 10 heteroatoms. The highest BCUT2D eigenvalue weighted by Gasteiger charge is 2.61. The van der Waals surface area contributed by atoms with Crippen molar-refractivity contribution in [2.75, 3.05) is 6.61 Å². The Hall–Kier alpha value is -4.38. The van der Waals surface area contributed by atoms with E-state index in [1.54, 1.807) is 54.6 Å². The van der Waals surface area contributed by atoms with Crippen LogP contribution in [0.3, 0.4) is 0 Å². The highest BCUT2D eigenvalue weighted by atomic mass is 16.7. The van der Waals surface area contributed by atoms with E-state index in [-0.39, 0.29) is 16.7 Å². The molecule has 10 nitrogen and oxygen atoms in total. The van der Waals surface area contributed by atoms with Gasteiger partial charge in [-0.15, -0.1) is 0 Å². The Labute approximate surface area is 224 Å². The molecule has 0 unspecified atom stereocenters. The van der Waals surface area contributed by atoms with Gasteiger partial charge in [0.1, 0.15) is 12.1 Å². The first-order valence-electron chi connectivity index (χ1n) is 12.1. The quantitative estimate of drug-likeness (QED) is 0.292. The molecule has 5 atom stereocenters. The zero-order chi connectivity index (χ0) is 28.0. The Bertz CT molecular complexity index is 1320. The first kappa shape index (κ1) is 27.6. The van der Waals surface area contributed by atoms with Crippen molar-refractivity contribution in [1.82, 2.24) is 5.32 Å². The normalized spacial score (nSPS) is 24.3. The molecular weight excluding hydrogens is 506 g/mol. The molecule has 3 aromatic rings. The molecule has 0 aromatic heterocycles. The van der Waals surface area contributed by atoms with Crippen LogP contribution in [0.2, 0.25) is 0 Å². The number of ether oxygens (including phenoxy) is 3. The van der Waals surface area contributed by atoms with Gasteiger partial charge in [-0.2, -0.15) is 0 Å².